The summed E-state index contributed by atoms with van der Waals surface area (Å²) in [4.78, 5) is 35.8. The van der Waals surface area contributed by atoms with E-state index < -0.39 is 24.5 Å². The predicted molar refractivity (Wildman–Crippen MR) is 92.9 cm³/mol. The molecular formula is C18H18N4O4. The van der Waals surface area contributed by atoms with Gasteiger partial charge in [0.05, 0.1) is 12.7 Å². The van der Waals surface area contributed by atoms with Gasteiger partial charge in [0.25, 0.3) is 5.91 Å². The highest BCUT2D eigenvalue weighted by Crippen LogP contribution is 2.06. The van der Waals surface area contributed by atoms with Crippen LogP contribution in [0.15, 0.2) is 48.8 Å². The van der Waals surface area contributed by atoms with Gasteiger partial charge in [-0.15, -0.1) is 0 Å². The third kappa shape index (κ3) is 4.56. The summed E-state index contributed by atoms with van der Waals surface area (Å²) in [6, 6.07) is 9.42. The molecule has 1 fully saturated rings. The highest BCUT2D eigenvalue weighted by molar-refractivity contribution is 5.97. The van der Waals surface area contributed by atoms with Gasteiger partial charge in [0.2, 0.25) is 0 Å². The molecule has 0 radical (unpaired) electrons. The Hall–Kier alpha value is -3.42. The Morgan fingerprint density at radius 1 is 1.27 bits per heavy atom. The number of nitrogens with one attached hydrogen (secondary N) is 1. The Morgan fingerprint density at radius 3 is 2.81 bits per heavy atom. The van der Waals surface area contributed by atoms with Gasteiger partial charge in [-0.3, -0.25) is 14.4 Å². The summed E-state index contributed by atoms with van der Waals surface area (Å²) in [7, 11) is 0. The summed E-state index contributed by atoms with van der Waals surface area (Å²) in [6.45, 7) is 0.854. The normalized spacial score (nSPS) is 13.8. The zero-order chi connectivity index (χ0) is 18.4. The molecule has 1 saturated heterocycles. The van der Waals surface area contributed by atoms with Crippen LogP contribution < -0.4 is 5.32 Å². The summed E-state index contributed by atoms with van der Waals surface area (Å²) in [5.74, 6) is -1.20. The number of urea groups is 1. The predicted octanol–water partition coefficient (Wildman–Crippen LogP) is 1.04. The number of carbonyl (C=O) groups is 3. The van der Waals surface area contributed by atoms with E-state index >= 15 is 0 Å². The maximum atomic E-state index is 11.8. The van der Waals surface area contributed by atoms with E-state index in [1.807, 2.05) is 30.3 Å². The van der Waals surface area contributed by atoms with Crippen LogP contribution in [0.3, 0.4) is 0 Å². The summed E-state index contributed by atoms with van der Waals surface area (Å²) < 4.78 is 6.62. The first-order chi connectivity index (χ1) is 12.6. The maximum Gasteiger partial charge on any atom is 0.331 e. The van der Waals surface area contributed by atoms with Crippen molar-refractivity contribution in [2.45, 2.75) is 6.54 Å². The van der Waals surface area contributed by atoms with E-state index in [1.54, 1.807) is 23.2 Å². The lowest BCUT2D eigenvalue weighted by Crippen LogP contribution is -2.37. The minimum absolute atomic E-state index is 0.283. The molecule has 1 aromatic carbocycles. The van der Waals surface area contributed by atoms with Crippen molar-refractivity contribution < 1.29 is 19.1 Å². The average molecular weight is 354 g/mol. The van der Waals surface area contributed by atoms with Crippen molar-refractivity contribution in [2.24, 2.45) is 0 Å². The van der Waals surface area contributed by atoms with Gasteiger partial charge in [0, 0.05) is 30.9 Å². The van der Waals surface area contributed by atoms with E-state index in [0.717, 1.165) is 16.0 Å². The van der Waals surface area contributed by atoms with Crippen molar-refractivity contribution in [1.29, 1.82) is 0 Å². The SMILES string of the molecule is O=C(/C=C/c1cnn(Cc2ccccc2)c1)OCC(=O)N1CCNC1=O. The minimum Gasteiger partial charge on any atom is -0.452 e. The smallest absolute Gasteiger partial charge is 0.331 e. The van der Waals surface area contributed by atoms with E-state index in [0.29, 0.717) is 13.1 Å². The molecule has 134 valence electrons. The Morgan fingerprint density at radius 2 is 2.08 bits per heavy atom. The number of ether oxygens (including phenoxy) is 1. The molecule has 2 heterocycles. The number of rotatable bonds is 6. The molecule has 0 saturated carbocycles. The first-order valence-electron chi connectivity index (χ1n) is 8.11. The van der Waals surface area contributed by atoms with Gasteiger partial charge in [0.1, 0.15) is 0 Å². The van der Waals surface area contributed by atoms with Crippen molar-refractivity contribution in [1.82, 2.24) is 20.0 Å². The second-order valence-corrected chi connectivity index (χ2v) is 5.68. The highest BCUT2D eigenvalue weighted by Gasteiger charge is 2.26. The van der Waals surface area contributed by atoms with Crippen molar-refractivity contribution in [3.05, 3.63) is 59.9 Å². The fourth-order valence-corrected chi connectivity index (χ4v) is 2.46. The highest BCUT2D eigenvalue weighted by atomic mass is 16.5. The molecule has 0 atom stereocenters. The number of benzene rings is 1. The van der Waals surface area contributed by atoms with Crippen LogP contribution in [0.1, 0.15) is 11.1 Å². The number of carbonyl (C=O) groups excluding carboxylic acids is 3. The van der Waals surface area contributed by atoms with Crippen LogP contribution in [0.25, 0.3) is 6.08 Å². The molecule has 1 aliphatic rings. The number of hydrogen-bond donors (Lipinski definition) is 1. The molecule has 3 rings (SSSR count). The number of aromatic nitrogens is 2. The average Bonchev–Trinajstić information content (AvgIpc) is 3.27. The van der Waals surface area contributed by atoms with Crippen molar-refractivity contribution in [2.75, 3.05) is 19.7 Å². The van der Waals surface area contributed by atoms with Crippen LogP contribution >= 0.6 is 0 Å². The Kier molecular flexibility index (Phi) is 5.43. The monoisotopic (exact) mass is 354 g/mol. The van der Waals surface area contributed by atoms with Gasteiger partial charge < -0.3 is 10.1 Å². The largest absolute Gasteiger partial charge is 0.452 e. The van der Waals surface area contributed by atoms with Gasteiger partial charge in [-0.05, 0) is 11.6 Å². The molecule has 1 aliphatic heterocycles. The van der Waals surface area contributed by atoms with Gasteiger partial charge in [0.15, 0.2) is 6.61 Å². The molecule has 1 N–H and O–H groups in total. The van der Waals surface area contributed by atoms with Gasteiger partial charge in [-0.25, -0.2) is 9.59 Å². The lowest BCUT2D eigenvalue weighted by molar-refractivity contribution is -0.146. The van der Waals surface area contributed by atoms with Crippen LogP contribution in [-0.2, 0) is 20.9 Å². The first-order valence-corrected chi connectivity index (χ1v) is 8.11. The van der Waals surface area contributed by atoms with Crippen molar-refractivity contribution >= 4 is 24.0 Å². The van der Waals surface area contributed by atoms with Crippen LogP contribution in [-0.4, -0.2) is 52.3 Å². The number of esters is 1. The number of imide groups is 1. The molecular weight excluding hydrogens is 336 g/mol. The molecule has 0 bridgehead atoms. The van der Waals surface area contributed by atoms with Gasteiger partial charge in [-0.1, -0.05) is 30.3 Å². The maximum absolute atomic E-state index is 11.8. The van der Waals surface area contributed by atoms with E-state index in [-0.39, 0.29) is 6.54 Å². The van der Waals surface area contributed by atoms with Gasteiger partial charge in [-0.2, -0.15) is 5.10 Å². The van der Waals surface area contributed by atoms with Gasteiger partial charge >= 0.3 is 12.0 Å². The topological polar surface area (TPSA) is 93.5 Å². The minimum atomic E-state index is -0.659. The second kappa shape index (κ2) is 8.11. The quantitative estimate of drug-likeness (QED) is 0.618. The number of hydrogen-bond acceptors (Lipinski definition) is 5. The Balaban J connectivity index is 1.47. The Bertz CT molecular complexity index is 829. The standard InChI is InChI=1S/C18H18N4O4/c23-16(22-9-8-19-18(22)25)13-26-17(24)7-6-15-10-20-21(12-15)11-14-4-2-1-3-5-14/h1-7,10,12H,8-9,11,13H2,(H,19,25)/b7-6+. The summed E-state index contributed by atoms with van der Waals surface area (Å²) in [6.07, 6.45) is 6.22. The third-order valence-corrected chi connectivity index (χ3v) is 3.75. The summed E-state index contributed by atoms with van der Waals surface area (Å²) >= 11 is 0. The number of nitrogens with zero attached hydrogens (tertiary/aromatic N) is 3. The van der Waals surface area contributed by atoms with Crippen LogP contribution in [0.4, 0.5) is 4.79 Å². The molecule has 3 amide bonds. The summed E-state index contributed by atoms with van der Waals surface area (Å²) in [5.41, 5.74) is 1.86. The molecule has 1 aromatic heterocycles. The van der Waals surface area contributed by atoms with E-state index in [4.69, 9.17) is 4.74 Å². The van der Waals surface area contributed by atoms with E-state index in [1.165, 1.54) is 6.08 Å². The number of amides is 3. The molecule has 2 aromatic rings. The Labute approximate surface area is 150 Å². The van der Waals surface area contributed by atoms with E-state index in [9.17, 15) is 14.4 Å². The van der Waals surface area contributed by atoms with Crippen molar-refractivity contribution in [3.8, 4) is 0 Å². The van der Waals surface area contributed by atoms with E-state index in [2.05, 4.69) is 10.4 Å². The molecule has 0 aliphatic carbocycles. The lowest BCUT2D eigenvalue weighted by Gasteiger charge is -2.11. The fraction of sp³-hybridized carbons (Fsp3) is 0.222. The third-order valence-electron chi connectivity index (χ3n) is 3.75. The zero-order valence-corrected chi connectivity index (χ0v) is 14.0. The van der Waals surface area contributed by atoms with Crippen molar-refractivity contribution in [3.63, 3.8) is 0 Å². The zero-order valence-electron chi connectivity index (χ0n) is 14.0. The summed E-state index contributed by atoms with van der Waals surface area (Å²) in [5, 5.41) is 6.74. The van der Waals surface area contributed by atoms with Crippen LogP contribution in [0.2, 0.25) is 0 Å². The molecule has 8 nitrogen and oxygen atoms in total. The first kappa shape index (κ1) is 17.4. The molecule has 0 unspecified atom stereocenters. The van der Waals surface area contributed by atoms with Crippen LogP contribution in [0.5, 0.6) is 0 Å². The molecule has 8 heteroatoms. The molecule has 0 spiro atoms. The lowest BCUT2D eigenvalue weighted by atomic mass is 10.2. The molecule has 26 heavy (non-hydrogen) atoms. The fourth-order valence-electron chi connectivity index (χ4n) is 2.46. The van der Waals surface area contributed by atoms with Crippen LogP contribution in [0, 0.1) is 0 Å². The second-order valence-electron chi connectivity index (χ2n) is 5.68.